The van der Waals surface area contributed by atoms with Crippen LogP contribution >= 0.6 is 0 Å². The largest absolute Gasteiger partial charge is 0.466 e. The molecule has 358 valence electrons. The van der Waals surface area contributed by atoms with E-state index >= 15 is 0 Å². The monoisotopic (exact) mass is 881 g/mol. The van der Waals surface area contributed by atoms with E-state index in [-0.39, 0.29) is 38.0 Å². The Bertz CT molecular complexity index is 1130. The third kappa shape index (κ3) is 28.4. The van der Waals surface area contributed by atoms with Crippen LogP contribution < -0.4 is 0 Å². The molecule has 0 aliphatic carbocycles. The van der Waals surface area contributed by atoms with Crippen LogP contribution in [0.5, 0.6) is 0 Å². The molecule has 0 aromatic heterocycles. The summed E-state index contributed by atoms with van der Waals surface area (Å²) in [5.41, 5.74) is 0. The van der Waals surface area contributed by atoms with Crippen LogP contribution in [0.1, 0.15) is 194 Å². The van der Waals surface area contributed by atoms with E-state index in [4.69, 9.17) is 28.4 Å². The lowest BCUT2D eigenvalue weighted by Crippen LogP contribution is -2.48. The first-order valence-corrected chi connectivity index (χ1v) is 24.7. The Labute approximate surface area is 373 Å². The molecule has 2 fully saturated rings. The van der Waals surface area contributed by atoms with Crippen molar-refractivity contribution in [2.24, 2.45) is 0 Å². The molecule has 0 radical (unpaired) electrons. The van der Waals surface area contributed by atoms with Gasteiger partial charge in [0.25, 0.3) is 0 Å². The number of rotatable bonds is 39. The number of unbranched alkanes of at least 4 members (excludes halogenated alkanes) is 16. The number of carbonyl (C=O) groups is 6. The molecule has 0 spiro atoms. The summed E-state index contributed by atoms with van der Waals surface area (Å²) >= 11 is 0. The normalized spacial score (nSPS) is 15.2. The van der Waals surface area contributed by atoms with Gasteiger partial charge in [0, 0.05) is 25.9 Å². The van der Waals surface area contributed by atoms with Crippen LogP contribution in [0.2, 0.25) is 0 Å². The van der Waals surface area contributed by atoms with Crippen LogP contribution in [0.25, 0.3) is 0 Å². The molecular formula is C48H84N2O12. The van der Waals surface area contributed by atoms with Crippen molar-refractivity contribution in [3.8, 4) is 0 Å². The second-order valence-electron chi connectivity index (χ2n) is 17.1. The Morgan fingerprint density at radius 1 is 0.371 bits per heavy atom. The van der Waals surface area contributed by atoms with Gasteiger partial charge in [-0.25, -0.2) is 9.59 Å². The van der Waals surface area contributed by atoms with E-state index in [1.807, 2.05) is 0 Å². The summed E-state index contributed by atoms with van der Waals surface area (Å²) in [5, 5.41) is 0. The smallest absolute Gasteiger partial charge is 0.352 e. The molecule has 0 aromatic rings. The van der Waals surface area contributed by atoms with E-state index in [0.717, 1.165) is 129 Å². The average Bonchev–Trinajstić information content (AvgIpc) is 4.00. The second-order valence-corrected chi connectivity index (χ2v) is 17.1. The topological polar surface area (TPSA) is 164 Å². The predicted molar refractivity (Wildman–Crippen MR) is 237 cm³/mol. The summed E-state index contributed by atoms with van der Waals surface area (Å²) in [6, 6.07) is 0. The Kier molecular flexibility index (Phi) is 32.9. The maximum atomic E-state index is 13.6. The standard InChI is InChI=1S/C48H84N2O12/c1-3-5-7-13-23-37-57-41(51)27-17-11-9-15-25-39-59-47(55)45(61-43(53)29-35-49-31-19-20-32-49)46(62-44(54)30-36-50-33-21-22-34-50)48(56)60-40-26-16-10-12-18-28-42(52)58-38-24-14-8-6-4-2/h45-46H,3-40H2,1-2H3. The Morgan fingerprint density at radius 3 is 1.03 bits per heavy atom. The lowest BCUT2D eigenvalue weighted by atomic mass is 10.1. The summed E-state index contributed by atoms with van der Waals surface area (Å²) in [6.07, 6.45) is 19.6. The maximum absolute atomic E-state index is 13.6. The highest BCUT2D eigenvalue weighted by atomic mass is 16.6. The van der Waals surface area contributed by atoms with Crippen molar-refractivity contribution in [1.29, 1.82) is 0 Å². The molecule has 2 atom stereocenters. The first-order valence-electron chi connectivity index (χ1n) is 24.7. The number of hydrogen-bond acceptors (Lipinski definition) is 14. The van der Waals surface area contributed by atoms with Gasteiger partial charge >= 0.3 is 35.8 Å². The molecule has 2 rings (SSSR count). The zero-order chi connectivity index (χ0) is 44.9. The molecule has 0 aromatic carbocycles. The molecular weight excluding hydrogens is 797 g/mol. The van der Waals surface area contributed by atoms with Crippen molar-refractivity contribution in [2.45, 2.75) is 206 Å². The fraction of sp³-hybridized carbons (Fsp3) is 0.875. The molecule has 0 N–H and O–H groups in total. The van der Waals surface area contributed by atoms with Gasteiger partial charge in [-0.15, -0.1) is 0 Å². The van der Waals surface area contributed by atoms with E-state index in [2.05, 4.69) is 23.6 Å². The Morgan fingerprint density at radius 2 is 0.677 bits per heavy atom. The van der Waals surface area contributed by atoms with Gasteiger partial charge in [-0.2, -0.15) is 0 Å². The molecule has 2 saturated heterocycles. The molecule has 2 aliphatic rings. The highest BCUT2D eigenvalue weighted by Crippen LogP contribution is 2.17. The van der Waals surface area contributed by atoms with Crippen molar-refractivity contribution in [3.05, 3.63) is 0 Å². The summed E-state index contributed by atoms with van der Waals surface area (Å²) in [7, 11) is 0. The Hall–Kier alpha value is -3.26. The molecule has 0 bridgehead atoms. The van der Waals surface area contributed by atoms with Crippen LogP contribution in [-0.2, 0) is 57.2 Å². The maximum Gasteiger partial charge on any atom is 0.352 e. The number of ether oxygens (including phenoxy) is 6. The summed E-state index contributed by atoms with van der Waals surface area (Å²) in [4.78, 5) is 82.0. The second kappa shape index (κ2) is 37.1. The number of carbonyl (C=O) groups excluding carboxylic acids is 6. The minimum atomic E-state index is -1.82. The molecule has 2 aliphatic heterocycles. The van der Waals surface area contributed by atoms with Gasteiger partial charge < -0.3 is 38.2 Å². The van der Waals surface area contributed by atoms with Crippen LogP contribution in [-0.4, -0.2) is 124 Å². The molecule has 0 saturated carbocycles. The van der Waals surface area contributed by atoms with E-state index in [0.29, 0.717) is 64.8 Å². The lowest BCUT2D eigenvalue weighted by molar-refractivity contribution is -0.192. The zero-order valence-electron chi connectivity index (χ0n) is 38.8. The number of nitrogens with zero attached hydrogens (tertiary/aromatic N) is 2. The molecule has 14 nitrogen and oxygen atoms in total. The van der Waals surface area contributed by atoms with Crippen molar-refractivity contribution < 1.29 is 57.2 Å². The highest BCUT2D eigenvalue weighted by Gasteiger charge is 2.43. The van der Waals surface area contributed by atoms with Gasteiger partial charge in [0.15, 0.2) is 0 Å². The third-order valence-electron chi connectivity index (χ3n) is 11.5. The van der Waals surface area contributed by atoms with Crippen LogP contribution in [0, 0.1) is 0 Å². The van der Waals surface area contributed by atoms with Gasteiger partial charge in [-0.3, -0.25) is 19.2 Å². The fourth-order valence-electron chi connectivity index (χ4n) is 7.62. The van der Waals surface area contributed by atoms with Crippen LogP contribution in [0.3, 0.4) is 0 Å². The summed E-state index contributed by atoms with van der Waals surface area (Å²) < 4.78 is 33.1. The minimum Gasteiger partial charge on any atom is -0.466 e. The van der Waals surface area contributed by atoms with E-state index in [1.165, 1.54) is 25.7 Å². The predicted octanol–water partition coefficient (Wildman–Crippen LogP) is 8.58. The zero-order valence-corrected chi connectivity index (χ0v) is 38.8. The van der Waals surface area contributed by atoms with Crippen molar-refractivity contribution in [3.63, 3.8) is 0 Å². The Balaban J connectivity index is 1.89. The van der Waals surface area contributed by atoms with Crippen LogP contribution in [0.4, 0.5) is 0 Å². The molecule has 2 unspecified atom stereocenters. The minimum absolute atomic E-state index is 0.00226. The summed E-state index contributed by atoms with van der Waals surface area (Å²) in [6.45, 7) is 9.69. The first-order chi connectivity index (χ1) is 30.2. The number of likely N-dealkylation sites (tertiary alicyclic amines) is 2. The molecule has 14 heteroatoms. The van der Waals surface area contributed by atoms with E-state index < -0.39 is 36.1 Å². The molecule has 2 heterocycles. The summed E-state index contributed by atoms with van der Waals surface area (Å²) in [5.74, 6) is -3.68. The quantitative estimate of drug-likeness (QED) is 0.0328. The lowest BCUT2D eigenvalue weighted by Gasteiger charge is -2.25. The fourth-order valence-corrected chi connectivity index (χ4v) is 7.62. The van der Waals surface area contributed by atoms with Crippen molar-refractivity contribution in [1.82, 2.24) is 9.80 Å². The number of esters is 6. The number of hydrogen-bond donors (Lipinski definition) is 0. The first kappa shape index (κ1) is 54.9. The van der Waals surface area contributed by atoms with Gasteiger partial charge in [-0.05, 0) is 90.4 Å². The SMILES string of the molecule is CCCCCCCOC(=O)CCCCCCCOC(=O)C(OC(=O)CCN1CCCC1)C(OC(=O)CCN1CCCC1)C(=O)OCCCCCCCC(=O)OCCCCCCC. The van der Waals surface area contributed by atoms with Gasteiger partial charge in [0.05, 0.1) is 39.3 Å². The third-order valence-corrected chi connectivity index (χ3v) is 11.5. The van der Waals surface area contributed by atoms with Gasteiger partial charge in [0.1, 0.15) is 0 Å². The molecule has 0 amide bonds. The van der Waals surface area contributed by atoms with Gasteiger partial charge in [0.2, 0.25) is 12.2 Å². The highest BCUT2D eigenvalue weighted by molar-refractivity contribution is 5.89. The van der Waals surface area contributed by atoms with E-state index in [1.54, 1.807) is 0 Å². The van der Waals surface area contributed by atoms with E-state index in [9.17, 15) is 28.8 Å². The van der Waals surface area contributed by atoms with Crippen LogP contribution in [0.15, 0.2) is 0 Å². The molecule has 62 heavy (non-hydrogen) atoms. The van der Waals surface area contributed by atoms with Crippen molar-refractivity contribution in [2.75, 3.05) is 65.7 Å². The van der Waals surface area contributed by atoms with Crippen molar-refractivity contribution >= 4 is 35.8 Å². The average molecular weight is 881 g/mol. The van der Waals surface area contributed by atoms with Gasteiger partial charge in [-0.1, -0.05) is 104 Å².